The highest BCUT2D eigenvalue weighted by Gasteiger charge is 2.07. The van der Waals surface area contributed by atoms with Gasteiger partial charge in [-0.25, -0.2) is 0 Å². The predicted octanol–water partition coefficient (Wildman–Crippen LogP) is 3.56. The molecule has 0 amide bonds. The molecule has 0 spiro atoms. The summed E-state index contributed by atoms with van der Waals surface area (Å²) in [4.78, 5) is 0. The van der Waals surface area contributed by atoms with E-state index in [-0.39, 0.29) is 6.04 Å². The summed E-state index contributed by atoms with van der Waals surface area (Å²) in [5, 5.41) is 12.3. The van der Waals surface area contributed by atoms with E-state index >= 15 is 0 Å². The number of benzene rings is 2. The molecule has 0 radical (unpaired) electrons. The zero-order chi connectivity index (χ0) is 15.1. The minimum absolute atomic E-state index is 0.230. The molecule has 2 aromatic carbocycles. The molecule has 1 atom stereocenters. The van der Waals surface area contributed by atoms with Crippen molar-refractivity contribution >= 4 is 0 Å². The van der Waals surface area contributed by atoms with E-state index in [1.807, 2.05) is 36.4 Å². The fourth-order valence-corrected chi connectivity index (χ4v) is 2.25. The highest BCUT2D eigenvalue weighted by Crippen LogP contribution is 2.15. The summed E-state index contributed by atoms with van der Waals surface area (Å²) in [7, 11) is 1.71. The van der Waals surface area contributed by atoms with Crippen molar-refractivity contribution in [3.63, 3.8) is 0 Å². The van der Waals surface area contributed by atoms with Crippen LogP contribution in [0.5, 0.6) is 0 Å². The number of methoxy groups -OCH3 is 1. The summed E-state index contributed by atoms with van der Waals surface area (Å²) in [6.07, 6.45) is 0. The fraction of sp³-hybridized carbons (Fsp3) is 0.278. The maximum Gasteiger partial charge on any atom is 0.0991 e. The number of ether oxygens (including phenoxy) is 1. The van der Waals surface area contributed by atoms with Gasteiger partial charge in [0.15, 0.2) is 0 Å². The monoisotopic (exact) mass is 280 g/mol. The van der Waals surface area contributed by atoms with Crippen LogP contribution in [0.25, 0.3) is 0 Å². The Morgan fingerprint density at radius 1 is 1.10 bits per heavy atom. The van der Waals surface area contributed by atoms with Crippen molar-refractivity contribution < 1.29 is 4.74 Å². The number of nitrogens with zero attached hydrogens (tertiary/aromatic N) is 1. The van der Waals surface area contributed by atoms with Crippen molar-refractivity contribution in [3.05, 3.63) is 70.8 Å². The van der Waals surface area contributed by atoms with Crippen LogP contribution < -0.4 is 5.32 Å². The fourth-order valence-electron chi connectivity index (χ4n) is 2.25. The number of hydrogen-bond donors (Lipinski definition) is 1. The Balaban J connectivity index is 2.00. The molecule has 0 fully saturated rings. The highest BCUT2D eigenvalue weighted by molar-refractivity contribution is 5.33. The van der Waals surface area contributed by atoms with Crippen LogP contribution in [0.3, 0.4) is 0 Å². The summed E-state index contributed by atoms with van der Waals surface area (Å²) in [6.45, 7) is 3.55. The summed E-state index contributed by atoms with van der Waals surface area (Å²) in [5.41, 5.74) is 4.33. The number of nitriles is 1. The van der Waals surface area contributed by atoms with Crippen LogP contribution in [0, 0.1) is 11.3 Å². The molecular weight excluding hydrogens is 260 g/mol. The zero-order valence-electron chi connectivity index (χ0n) is 12.5. The molecule has 2 rings (SSSR count). The summed E-state index contributed by atoms with van der Waals surface area (Å²) in [6, 6.07) is 18.4. The summed E-state index contributed by atoms with van der Waals surface area (Å²) >= 11 is 0. The van der Waals surface area contributed by atoms with Gasteiger partial charge in [-0.2, -0.15) is 5.26 Å². The largest absolute Gasteiger partial charge is 0.380 e. The molecule has 3 heteroatoms. The van der Waals surface area contributed by atoms with Gasteiger partial charge >= 0.3 is 0 Å². The number of nitrogens with one attached hydrogen (secondary N) is 1. The molecule has 1 unspecified atom stereocenters. The number of rotatable bonds is 6. The van der Waals surface area contributed by atoms with Crippen LogP contribution in [-0.4, -0.2) is 7.11 Å². The first kappa shape index (κ1) is 15.2. The minimum atomic E-state index is 0.230. The molecular formula is C18H20N2O. The van der Waals surface area contributed by atoms with Gasteiger partial charge in [0, 0.05) is 19.7 Å². The lowest BCUT2D eigenvalue weighted by Crippen LogP contribution is -2.19. The standard InChI is InChI=1S/C18H20N2O/c1-14(16-9-7-15(11-19)8-10-16)20-12-17-5-3-4-6-18(17)13-21-2/h3-10,14,20H,12-13H2,1-2H3. The maximum absolute atomic E-state index is 8.82. The third kappa shape index (κ3) is 4.16. The Labute approximate surface area is 126 Å². The van der Waals surface area contributed by atoms with Crippen molar-refractivity contribution in [2.45, 2.75) is 26.1 Å². The van der Waals surface area contributed by atoms with Crippen LogP contribution in [-0.2, 0) is 17.9 Å². The van der Waals surface area contributed by atoms with Crippen LogP contribution in [0.15, 0.2) is 48.5 Å². The Morgan fingerprint density at radius 3 is 2.38 bits per heavy atom. The van der Waals surface area contributed by atoms with Crippen molar-refractivity contribution in [2.24, 2.45) is 0 Å². The molecule has 0 saturated heterocycles. The van der Waals surface area contributed by atoms with Crippen molar-refractivity contribution in [1.82, 2.24) is 5.32 Å². The van der Waals surface area contributed by atoms with Crippen LogP contribution >= 0.6 is 0 Å². The molecule has 0 bridgehead atoms. The number of hydrogen-bond acceptors (Lipinski definition) is 3. The third-order valence-corrected chi connectivity index (χ3v) is 3.56. The lowest BCUT2D eigenvalue weighted by molar-refractivity contribution is 0.184. The van der Waals surface area contributed by atoms with Gasteiger partial charge in [0.05, 0.1) is 18.2 Å². The van der Waals surface area contributed by atoms with Gasteiger partial charge in [0.2, 0.25) is 0 Å². The second-order valence-corrected chi connectivity index (χ2v) is 5.04. The summed E-state index contributed by atoms with van der Waals surface area (Å²) < 4.78 is 5.23. The second-order valence-electron chi connectivity index (χ2n) is 5.04. The van der Waals surface area contributed by atoms with Crippen molar-refractivity contribution in [1.29, 1.82) is 5.26 Å². The van der Waals surface area contributed by atoms with E-state index in [2.05, 4.69) is 30.4 Å². The molecule has 0 saturated carbocycles. The predicted molar refractivity (Wildman–Crippen MR) is 83.6 cm³/mol. The SMILES string of the molecule is COCc1ccccc1CNC(C)c1ccc(C#N)cc1. The smallest absolute Gasteiger partial charge is 0.0991 e. The Bertz CT molecular complexity index is 614. The van der Waals surface area contributed by atoms with E-state index in [0.29, 0.717) is 12.2 Å². The first-order chi connectivity index (χ1) is 10.2. The molecule has 108 valence electrons. The molecule has 0 aliphatic rings. The third-order valence-electron chi connectivity index (χ3n) is 3.56. The molecule has 21 heavy (non-hydrogen) atoms. The molecule has 0 aliphatic carbocycles. The minimum Gasteiger partial charge on any atom is -0.380 e. The molecule has 0 aromatic heterocycles. The van der Waals surface area contributed by atoms with Gasteiger partial charge < -0.3 is 10.1 Å². The topological polar surface area (TPSA) is 45.0 Å². The van der Waals surface area contributed by atoms with E-state index in [1.165, 1.54) is 16.7 Å². The zero-order valence-corrected chi connectivity index (χ0v) is 12.5. The molecule has 0 aliphatic heterocycles. The van der Waals surface area contributed by atoms with Gasteiger partial charge in [-0.05, 0) is 35.7 Å². The quantitative estimate of drug-likeness (QED) is 0.880. The van der Waals surface area contributed by atoms with E-state index in [1.54, 1.807) is 7.11 Å². The summed E-state index contributed by atoms with van der Waals surface area (Å²) in [5.74, 6) is 0. The Hall–Kier alpha value is -2.15. The normalized spacial score (nSPS) is 11.9. The average molecular weight is 280 g/mol. The van der Waals surface area contributed by atoms with Gasteiger partial charge in [-0.1, -0.05) is 36.4 Å². The molecule has 2 aromatic rings. The molecule has 1 N–H and O–H groups in total. The highest BCUT2D eigenvalue weighted by atomic mass is 16.5. The van der Waals surface area contributed by atoms with E-state index in [4.69, 9.17) is 10.00 Å². The Kier molecular flexibility index (Phi) is 5.51. The Morgan fingerprint density at radius 2 is 1.76 bits per heavy atom. The van der Waals surface area contributed by atoms with Crippen molar-refractivity contribution in [2.75, 3.05) is 7.11 Å². The van der Waals surface area contributed by atoms with Gasteiger partial charge in [0.25, 0.3) is 0 Å². The first-order valence-corrected chi connectivity index (χ1v) is 7.03. The van der Waals surface area contributed by atoms with Crippen LogP contribution in [0.4, 0.5) is 0 Å². The van der Waals surface area contributed by atoms with Crippen LogP contribution in [0.1, 0.15) is 35.2 Å². The van der Waals surface area contributed by atoms with E-state index in [9.17, 15) is 0 Å². The van der Waals surface area contributed by atoms with E-state index < -0.39 is 0 Å². The van der Waals surface area contributed by atoms with E-state index in [0.717, 1.165) is 6.54 Å². The lowest BCUT2D eigenvalue weighted by Gasteiger charge is -2.16. The van der Waals surface area contributed by atoms with Crippen LogP contribution in [0.2, 0.25) is 0 Å². The van der Waals surface area contributed by atoms with Gasteiger partial charge in [-0.3, -0.25) is 0 Å². The van der Waals surface area contributed by atoms with Crippen molar-refractivity contribution in [3.8, 4) is 6.07 Å². The molecule has 3 nitrogen and oxygen atoms in total. The van der Waals surface area contributed by atoms with Gasteiger partial charge in [-0.15, -0.1) is 0 Å². The maximum atomic E-state index is 8.82. The average Bonchev–Trinajstić information content (AvgIpc) is 2.54. The molecule has 0 heterocycles. The first-order valence-electron chi connectivity index (χ1n) is 7.03. The lowest BCUT2D eigenvalue weighted by atomic mass is 10.0. The van der Waals surface area contributed by atoms with Gasteiger partial charge in [0.1, 0.15) is 0 Å². The second kappa shape index (κ2) is 7.58.